The fourth-order valence-corrected chi connectivity index (χ4v) is 2.14. The van der Waals surface area contributed by atoms with Crippen molar-refractivity contribution in [3.8, 4) is 5.75 Å². The van der Waals surface area contributed by atoms with Gasteiger partial charge in [0.1, 0.15) is 5.75 Å². The number of Topliss-reactive ketones (excluding diaryl/α,β-unsaturated/α-hetero) is 1. The molecule has 2 heteroatoms. The van der Waals surface area contributed by atoms with E-state index in [9.17, 15) is 4.79 Å². The SMILES string of the molecule is C=C1C(=O)c2ccccc2OC1c1ccccc1. The van der Waals surface area contributed by atoms with Gasteiger partial charge in [0.05, 0.1) is 5.56 Å². The molecule has 1 aliphatic heterocycles. The summed E-state index contributed by atoms with van der Waals surface area (Å²) in [7, 11) is 0. The highest BCUT2D eigenvalue weighted by atomic mass is 16.5. The molecule has 0 radical (unpaired) electrons. The van der Waals surface area contributed by atoms with Crippen LogP contribution >= 0.6 is 0 Å². The average molecular weight is 236 g/mol. The smallest absolute Gasteiger partial charge is 0.196 e. The second kappa shape index (κ2) is 4.15. The summed E-state index contributed by atoms with van der Waals surface area (Å²) >= 11 is 0. The second-order valence-corrected chi connectivity index (χ2v) is 4.26. The largest absolute Gasteiger partial charge is 0.480 e. The monoisotopic (exact) mass is 236 g/mol. The molecule has 2 nitrogen and oxygen atoms in total. The predicted molar refractivity (Wildman–Crippen MR) is 69.7 cm³/mol. The first-order chi connectivity index (χ1) is 8.77. The zero-order chi connectivity index (χ0) is 12.5. The maximum absolute atomic E-state index is 12.2. The van der Waals surface area contributed by atoms with Crippen LogP contribution in [0.2, 0.25) is 0 Å². The molecule has 0 aromatic heterocycles. The summed E-state index contributed by atoms with van der Waals surface area (Å²) in [6.07, 6.45) is -0.381. The highest BCUT2D eigenvalue weighted by Gasteiger charge is 2.30. The van der Waals surface area contributed by atoms with Gasteiger partial charge >= 0.3 is 0 Å². The molecule has 1 heterocycles. The first kappa shape index (κ1) is 10.8. The van der Waals surface area contributed by atoms with Gasteiger partial charge in [-0.2, -0.15) is 0 Å². The maximum atomic E-state index is 12.2. The van der Waals surface area contributed by atoms with Crippen LogP contribution in [0.1, 0.15) is 22.0 Å². The summed E-state index contributed by atoms with van der Waals surface area (Å²) in [6, 6.07) is 16.9. The summed E-state index contributed by atoms with van der Waals surface area (Å²) in [4.78, 5) is 12.2. The van der Waals surface area contributed by atoms with Crippen LogP contribution in [0.15, 0.2) is 66.7 Å². The van der Waals surface area contributed by atoms with Crippen molar-refractivity contribution in [1.29, 1.82) is 0 Å². The van der Waals surface area contributed by atoms with E-state index in [0.717, 1.165) is 5.56 Å². The maximum Gasteiger partial charge on any atom is 0.196 e. The van der Waals surface area contributed by atoms with E-state index in [4.69, 9.17) is 4.74 Å². The van der Waals surface area contributed by atoms with Crippen molar-refractivity contribution in [2.45, 2.75) is 6.10 Å². The normalized spacial score (nSPS) is 18.1. The molecule has 1 unspecified atom stereocenters. The zero-order valence-electron chi connectivity index (χ0n) is 9.80. The molecule has 0 spiro atoms. The quantitative estimate of drug-likeness (QED) is 0.708. The van der Waals surface area contributed by atoms with Crippen LogP contribution < -0.4 is 4.74 Å². The molecule has 0 saturated carbocycles. The van der Waals surface area contributed by atoms with Crippen molar-refractivity contribution in [2.24, 2.45) is 0 Å². The third-order valence-corrected chi connectivity index (χ3v) is 3.09. The number of ether oxygens (including phenoxy) is 1. The third kappa shape index (κ3) is 1.63. The molecule has 88 valence electrons. The van der Waals surface area contributed by atoms with Crippen LogP contribution in [0.5, 0.6) is 5.75 Å². The van der Waals surface area contributed by atoms with Crippen molar-refractivity contribution < 1.29 is 9.53 Å². The molecule has 2 aromatic rings. The summed E-state index contributed by atoms with van der Waals surface area (Å²) in [5, 5.41) is 0. The Balaban J connectivity index is 2.07. The van der Waals surface area contributed by atoms with Gasteiger partial charge in [-0.05, 0) is 17.7 Å². The minimum Gasteiger partial charge on any atom is -0.480 e. The van der Waals surface area contributed by atoms with Crippen LogP contribution in [0.25, 0.3) is 0 Å². The molecule has 2 aromatic carbocycles. The van der Waals surface area contributed by atoms with Gasteiger partial charge in [-0.15, -0.1) is 0 Å². The van der Waals surface area contributed by atoms with E-state index in [1.165, 1.54) is 0 Å². The molecule has 18 heavy (non-hydrogen) atoms. The van der Waals surface area contributed by atoms with E-state index < -0.39 is 0 Å². The molecule has 0 bridgehead atoms. The molecule has 0 fully saturated rings. The van der Waals surface area contributed by atoms with Gasteiger partial charge in [0.25, 0.3) is 0 Å². The Bertz CT molecular complexity index is 614. The highest BCUT2D eigenvalue weighted by Crippen LogP contribution is 2.37. The Morgan fingerprint density at radius 1 is 0.944 bits per heavy atom. The first-order valence-electron chi connectivity index (χ1n) is 5.81. The highest BCUT2D eigenvalue weighted by molar-refractivity contribution is 6.11. The van der Waals surface area contributed by atoms with Crippen LogP contribution in [0, 0.1) is 0 Å². The van der Waals surface area contributed by atoms with E-state index in [0.29, 0.717) is 16.9 Å². The fourth-order valence-electron chi connectivity index (χ4n) is 2.14. The van der Waals surface area contributed by atoms with Gasteiger partial charge in [0, 0.05) is 5.57 Å². The average Bonchev–Trinajstić information content (AvgIpc) is 2.44. The lowest BCUT2D eigenvalue weighted by Crippen LogP contribution is -2.22. The molecular formula is C16H12O2. The minimum absolute atomic E-state index is 0.0364. The lowest BCUT2D eigenvalue weighted by Gasteiger charge is -2.27. The molecule has 3 rings (SSSR count). The number of fused-ring (bicyclic) bond motifs is 1. The van der Waals surface area contributed by atoms with E-state index in [1.807, 2.05) is 48.5 Å². The Morgan fingerprint density at radius 2 is 1.61 bits per heavy atom. The number of carbonyl (C=O) groups is 1. The topological polar surface area (TPSA) is 26.3 Å². The van der Waals surface area contributed by atoms with Crippen molar-refractivity contribution in [2.75, 3.05) is 0 Å². The molecule has 0 aliphatic carbocycles. The van der Waals surface area contributed by atoms with Crippen molar-refractivity contribution in [3.63, 3.8) is 0 Å². The summed E-state index contributed by atoms with van der Waals surface area (Å²) < 4.78 is 5.88. The summed E-state index contributed by atoms with van der Waals surface area (Å²) in [5.41, 5.74) is 2.03. The number of hydrogen-bond donors (Lipinski definition) is 0. The Kier molecular flexibility index (Phi) is 2.49. The van der Waals surface area contributed by atoms with Crippen molar-refractivity contribution >= 4 is 5.78 Å². The van der Waals surface area contributed by atoms with Crippen LogP contribution in [-0.2, 0) is 0 Å². The molecular weight excluding hydrogens is 224 g/mol. The second-order valence-electron chi connectivity index (χ2n) is 4.26. The number of carbonyl (C=O) groups excluding carboxylic acids is 1. The van der Waals surface area contributed by atoms with Crippen molar-refractivity contribution in [1.82, 2.24) is 0 Å². The van der Waals surface area contributed by atoms with Crippen LogP contribution in [-0.4, -0.2) is 5.78 Å². The Hall–Kier alpha value is -2.35. The summed E-state index contributed by atoms with van der Waals surface area (Å²) in [6.45, 7) is 3.88. The molecule has 1 atom stereocenters. The number of ketones is 1. The Morgan fingerprint density at radius 3 is 2.39 bits per heavy atom. The van der Waals surface area contributed by atoms with Gasteiger partial charge < -0.3 is 4.74 Å². The molecule has 0 N–H and O–H groups in total. The van der Waals surface area contributed by atoms with Gasteiger partial charge in [-0.3, -0.25) is 4.79 Å². The fraction of sp³-hybridized carbons (Fsp3) is 0.0625. The van der Waals surface area contributed by atoms with E-state index in [-0.39, 0.29) is 11.9 Å². The Labute approximate surface area is 106 Å². The van der Waals surface area contributed by atoms with E-state index in [2.05, 4.69) is 6.58 Å². The number of hydrogen-bond acceptors (Lipinski definition) is 2. The standard InChI is InChI=1S/C16H12O2/c1-11-15(17)13-9-5-6-10-14(13)18-16(11)12-7-3-2-4-8-12/h2-10,16H,1H2. The number of para-hydroxylation sites is 1. The van der Waals surface area contributed by atoms with Gasteiger partial charge in [-0.25, -0.2) is 0 Å². The predicted octanol–water partition coefficient (Wildman–Crippen LogP) is 3.56. The van der Waals surface area contributed by atoms with Gasteiger partial charge in [0.15, 0.2) is 11.9 Å². The summed E-state index contributed by atoms with van der Waals surface area (Å²) in [5.74, 6) is 0.592. The first-order valence-corrected chi connectivity index (χ1v) is 5.81. The van der Waals surface area contributed by atoms with Crippen molar-refractivity contribution in [3.05, 3.63) is 77.9 Å². The van der Waals surface area contributed by atoms with Gasteiger partial charge in [-0.1, -0.05) is 49.0 Å². The minimum atomic E-state index is -0.381. The van der Waals surface area contributed by atoms with E-state index >= 15 is 0 Å². The zero-order valence-corrected chi connectivity index (χ0v) is 9.80. The van der Waals surface area contributed by atoms with Crippen LogP contribution in [0.3, 0.4) is 0 Å². The van der Waals surface area contributed by atoms with E-state index in [1.54, 1.807) is 6.07 Å². The lowest BCUT2D eigenvalue weighted by atomic mass is 9.92. The number of rotatable bonds is 1. The third-order valence-electron chi connectivity index (χ3n) is 3.09. The van der Waals surface area contributed by atoms with Gasteiger partial charge in [0.2, 0.25) is 0 Å². The molecule has 1 aliphatic rings. The molecule has 0 saturated heterocycles. The lowest BCUT2D eigenvalue weighted by molar-refractivity contribution is 0.0962. The van der Waals surface area contributed by atoms with Crippen LogP contribution in [0.4, 0.5) is 0 Å². The number of benzene rings is 2. The molecule has 0 amide bonds.